The van der Waals surface area contributed by atoms with Crippen LogP contribution in [0.3, 0.4) is 0 Å². The smallest absolute Gasteiger partial charge is 0.240 e. The average Bonchev–Trinajstić information content (AvgIpc) is 2.86. The first-order chi connectivity index (χ1) is 8.90. The second-order valence-electron chi connectivity index (χ2n) is 4.70. The predicted octanol–water partition coefficient (Wildman–Crippen LogP) is 1.03. The van der Waals surface area contributed by atoms with Crippen molar-refractivity contribution in [2.45, 2.75) is 18.2 Å². The molecule has 0 aromatic heterocycles. The maximum absolute atomic E-state index is 13.5. The van der Waals surface area contributed by atoms with Gasteiger partial charge in [-0.25, -0.2) is 17.5 Å². The van der Waals surface area contributed by atoms with Gasteiger partial charge in [0.25, 0.3) is 0 Å². The Morgan fingerprint density at radius 3 is 2.84 bits per heavy atom. The molecule has 5 nitrogen and oxygen atoms in total. The van der Waals surface area contributed by atoms with Gasteiger partial charge in [-0.15, -0.1) is 0 Å². The van der Waals surface area contributed by atoms with E-state index in [2.05, 4.69) is 4.72 Å². The monoisotopic (exact) mass is 288 g/mol. The van der Waals surface area contributed by atoms with Gasteiger partial charge in [0, 0.05) is 24.4 Å². The normalized spacial score (nSPS) is 19.8. The van der Waals surface area contributed by atoms with E-state index < -0.39 is 15.8 Å². The summed E-state index contributed by atoms with van der Waals surface area (Å²) in [6.45, 7) is 2.99. The van der Waals surface area contributed by atoms with Gasteiger partial charge in [0.1, 0.15) is 5.82 Å². The molecule has 1 aliphatic heterocycles. The summed E-state index contributed by atoms with van der Waals surface area (Å²) in [5, 5.41) is 0. The molecule has 1 saturated heterocycles. The van der Waals surface area contributed by atoms with Crippen molar-refractivity contribution in [3.8, 4) is 0 Å². The first-order valence-corrected chi connectivity index (χ1v) is 7.51. The van der Waals surface area contributed by atoms with Crippen molar-refractivity contribution in [1.29, 1.82) is 0 Å². The van der Waals surface area contributed by atoms with Crippen molar-refractivity contribution in [1.82, 2.24) is 4.72 Å². The lowest BCUT2D eigenvalue weighted by Gasteiger charge is -2.11. The zero-order valence-corrected chi connectivity index (χ0v) is 11.5. The lowest BCUT2D eigenvalue weighted by Crippen LogP contribution is -2.29. The van der Waals surface area contributed by atoms with Crippen LogP contribution in [0.2, 0.25) is 0 Å². The summed E-state index contributed by atoms with van der Waals surface area (Å²) in [4.78, 5) is -0.146. The Morgan fingerprint density at radius 2 is 2.26 bits per heavy atom. The number of sulfonamides is 1. The maximum Gasteiger partial charge on any atom is 0.240 e. The molecule has 0 bridgehead atoms. The van der Waals surface area contributed by atoms with Crippen LogP contribution in [0.15, 0.2) is 17.0 Å². The largest absolute Gasteiger partial charge is 0.398 e. The van der Waals surface area contributed by atoms with E-state index in [-0.39, 0.29) is 28.6 Å². The van der Waals surface area contributed by atoms with Gasteiger partial charge in [0.15, 0.2) is 0 Å². The van der Waals surface area contributed by atoms with Gasteiger partial charge < -0.3 is 10.5 Å². The molecule has 1 unspecified atom stereocenters. The predicted molar refractivity (Wildman–Crippen MR) is 69.7 cm³/mol. The number of anilines is 1. The zero-order chi connectivity index (χ0) is 14.0. The van der Waals surface area contributed by atoms with Crippen LogP contribution in [-0.2, 0) is 14.8 Å². The van der Waals surface area contributed by atoms with E-state index in [1.807, 2.05) is 0 Å². The Labute approximate surface area is 112 Å². The Hall–Kier alpha value is -1.18. The van der Waals surface area contributed by atoms with Gasteiger partial charge in [-0.2, -0.15) is 0 Å². The molecule has 19 heavy (non-hydrogen) atoms. The van der Waals surface area contributed by atoms with E-state index in [0.29, 0.717) is 13.2 Å². The summed E-state index contributed by atoms with van der Waals surface area (Å²) < 4.78 is 45.2. The van der Waals surface area contributed by atoms with Crippen LogP contribution in [0.1, 0.15) is 12.0 Å². The molecule has 0 radical (unpaired) electrons. The molecule has 1 fully saturated rings. The molecule has 0 spiro atoms. The minimum absolute atomic E-state index is 0.129. The second-order valence-corrected chi connectivity index (χ2v) is 6.47. The van der Waals surface area contributed by atoms with Gasteiger partial charge in [0.2, 0.25) is 10.0 Å². The summed E-state index contributed by atoms with van der Waals surface area (Å²) in [5.74, 6) is -0.452. The minimum atomic E-state index is -3.74. The molecule has 1 heterocycles. The van der Waals surface area contributed by atoms with Crippen molar-refractivity contribution in [2.75, 3.05) is 25.5 Å². The first kappa shape index (κ1) is 14.2. The van der Waals surface area contributed by atoms with E-state index in [1.54, 1.807) is 0 Å². The fourth-order valence-corrected chi connectivity index (χ4v) is 3.05. The highest BCUT2D eigenvalue weighted by Gasteiger charge is 2.21. The third kappa shape index (κ3) is 3.23. The number of nitrogens with two attached hydrogens (primary N) is 1. The summed E-state index contributed by atoms with van der Waals surface area (Å²) in [7, 11) is -3.74. The van der Waals surface area contributed by atoms with E-state index in [9.17, 15) is 12.8 Å². The highest BCUT2D eigenvalue weighted by molar-refractivity contribution is 7.89. The van der Waals surface area contributed by atoms with Crippen molar-refractivity contribution >= 4 is 15.7 Å². The zero-order valence-electron chi connectivity index (χ0n) is 10.6. The number of hydrogen-bond donors (Lipinski definition) is 2. The van der Waals surface area contributed by atoms with Crippen LogP contribution in [0.4, 0.5) is 10.1 Å². The number of ether oxygens (including phenoxy) is 1. The summed E-state index contributed by atoms with van der Waals surface area (Å²) in [6, 6.07) is 2.26. The van der Waals surface area contributed by atoms with E-state index in [1.165, 1.54) is 13.0 Å². The fraction of sp³-hybridized carbons (Fsp3) is 0.500. The van der Waals surface area contributed by atoms with Crippen LogP contribution in [0.5, 0.6) is 0 Å². The topological polar surface area (TPSA) is 81.4 Å². The molecule has 0 aliphatic carbocycles. The van der Waals surface area contributed by atoms with Crippen LogP contribution in [0.25, 0.3) is 0 Å². The number of rotatable bonds is 4. The van der Waals surface area contributed by atoms with Gasteiger partial charge in [-0.1, -0.05) is 0 Å². The van der Waals surface area contributed by atoms with Gasteiger partial charge >= 0.3 is 0 Å². The Morgan fingerprint density at radius 1 is 1.53 bits per heavy atom. The van der Waals surface area contributed by atoms with Gasteiger partial charge in [0.05, 0.1) is 11.5 Å². The van der Waals surface area contributed by atoms with Crippen LogP contribution in [-0.4, -0.2) is 28.2 Å². The molecule has 3 N–H and O–H groups in total. The number of halogens is 1. The molecule has 1 aromatic rings. The highest BCUT2D eigenvalue weighted by Crippen LogP contribution is 2.21. The SMILES string of the molecule is Cc1c(N)cc(S(=O)(=O)NCC2CCOC2)cc1F. The molecule has 1 atom stereocenters. The molecule has 106 valence electrons. The third-order valence-corrected chi connectivity index (χ3v) is 4.66. The Kier molecular flexibility index (Phi) is 4.07. The van der Waals surface area contributed by atoms with Gasteiger partial charge in [-0.05, 0) is 31.4 Å². The maximum atomic E-state index is 13.5. The highest BCUT2D eigenvalue weighted by atomic mass is 32.2. The van der Waals surface area contributed by atoms with E-state index in [4.69, 9.17) is 10.5 Å². The summed E-state index contributed by atoms with van der Waals surface area (Å²) in [5.41, 5.74) is 5.97. The van der Waals surface area contributed by atoms with Crippen molar-refractivity contribution < 1.29 is 17.5 Å². The molecule has 2 rings (SSSR count). The molecule has 1 aliphatic rings. The van der Waals surface area contributed by atoms with E-state index >= 15 is 0 Å². The minimum Gasteiger partial charge on any atom is -0.398 e. The molecule has 1 aromatic carbocycles. The Balaban J connectivity index is 2.14. The van der Waals surface area contributed by atoms with Crippen LogP contribution in [0, 0.1) is 18.7 Å². The summed E-state index contributed by atoms with van der Waals surface area (Å²) in [6.07, 6.45) is 0.826. The van der Waals surface area contributed by atoms with Crippen LogP contribution < -0.4 is 10.5 Å². The van der Waals surface area contributed by atoms with Gasteiger partial charge in [-0.3, -0.25) is 0 Å². The third-order valence-electron chi connectivity index (χ3n) is 3.25. The quantitative estimate of drug-likeness (QED) is 0.811. The number of nitrogen functional groups attached to an aromatic ring is 1. The standard InChI is InChI=1S/C12H17FN2O3S/c1-8-11(13)4-10(5-12(8)14)19(16,17)15-6-9-2-3-18-7-9/h4-5,9,15H,2-3,6-7,14H2,1H3. The molecular weight excluding hydrogens is 271 g/mol. The molecule has 7 heteroatoms. The number of hydrogen-bond acceptors (Lipinski definition) is 4. The van der Waals surface area contributed by atoms with Crippen molar-refractivity contribution in [3.05, 3.63) is 23.5 Å². The van der Waals surface area contributed by atoms with Crippen LogP contribution >= 0.6 is 0 Å². The number of benzene rings is 1. The second kappa shape index (κ2) is 5.44. The molecule has 0 saturated carbocycles. The number of nitrogens with one attached hydrogen (secondary N) is 1. The first-order valence-electron chi connectivity index (χ1n) is 6.03. The van der Waals surface area contributed by atoms with E-state index in [0.717, 1.165) is 12.5 Å². The average molecular weight is 288 g/mol. The molecule has 0 amide bonds. The lowest BCUT2D eigenvalue weighted by molar-refractivity contribution is 0.186. The fourth-order valence-electron chi connectivity index (χ4n) is 1.88. The molecular formula is C12H17FN2O3S. The summed E-state index contributed by atoms with van der Waals surface area (Å²) >= 11 is 0. The van der Waals surface area contributed by atoms with Crippen molar-refractivity contribution in [3.63, 3.8) is 0 Å². The van der Waals surface area contributed by atoms with Crippen molar-refractivity contribution in [2.24, 2.45) is 5.92 Å². The Bertz CT molecular complexity index is 545. The lowest BCUT2D eigenvalue weighted by atomic mass is 10.1.